The van der Waals surface area contributed by atoms with Crippen molar-refractivity contribution in [3.8, 4) is 0 Å². The molecule has 0 amide bonds. The molecule has 1 aromatic heterocycles. The van der Waals surface area contributed by atoms with Gasteiger partial charge in [-0.25, -0.2) is 14.2 Å². The molecule has 0 aliphatic rings. The smallest absolute Gasteiger partial charge is 0.164 e. The molecule has 0 aliphatic carbocycles. The van der Waals surface area contributed by atoms with Crippen LogP contribution in [0, 0.1) is 25.5 Å². The summed E-state index contributed by atoms with van der Waals surface area (Å²) in [6.45, 7) is 3.36. The van der Waals surface area contributed by atoms with E-state index in [0.717, 1.165) is 5.56 Å². The fourth-order valence-corrected chi connectivity index (χ4v) is 3.21. The van der Waals surface area contributed by atoms with Gasteiger partial charge in [-0.1, -0.05) is 23.7 Å². The molecule has 1 heterocycles. The van der Waals surface area contributed by atoms with Crippen molar-refractivity contribution in [1.82, 2.24) is 5.43 Å². The monoisotopic (exact) mass is 302 g/mol. The normalized spacial score (nSPS) is 12.7. The Labute approximate surface area is 119 Å². The zero-order chi connectivity index (χ0) is 14.2. The van der Waals surface area contributed by atoms with Gasteiger partial charge in [0, 0.05) is 10.4 Å². The predicted octanol–water partition coefficient (Wildman–Crippen LogP) is 3.85. The van der Waals surface area contributed by atoms with Crippen LogP contribution in [0.3, 0.4) is 0 Å². The van der Waals surface area contributed by atoms with E-state index in [1.165, 1.54) is 30.4 Å². The highest BCUT2D eigenvalue weighted by Gasteiger charge is 2.24. The van der Waals surface area contributed by atoms with Gasteiger partial charge in [-0.2, -0.15) is 0 Å². The number of hydrogen-bond acceptors (Lipinski definition) is 3. The number of benzene rings is 1. The standard InChI is InChI=1S/C13H13ClF2N2S/c1-6-3-4-8(11(16)10(6)15)12(18-17)13-9(14)7(2)5-19-13/h3-5,12,18H,17H2,1-2H3. The highest BCUT2D eigenvalue weighted by atomic mass is 35.5. The Bertz CT molecular complexity index is 613. The molecule has 2 nitrogen and oxygen atoms in total. The van der Waals surface area contributed by atoms with Crippen molar-refractivity contribution >= 4 is 22.9 Å². The first kappa shape index (κ1) is 14.4. The summed E-state index contributed by atoms with van der Waals surface area (Å²) in [6.07, 6.45) is 0. The van der Waals surface area contributed by atoms with Gasteiger partial charge in [-0.05, 0) is 30.4 Å². The van der Waals surface area contributed by atoms with Gasteiger partial charge in [-0.15, -0.1) is 11.3 Å². The van der Waals surface area contributed by atoms with E-state index in [2.05, 4.69) is 5.43 Å². The lowest BCUT2D eigenvalue weighted by Gasteiger charge is -2.17. The molecular weight excluding hydrogens is 290 g/mol. The summed E-state index contributed by atoms with van der Waals surface area (Å²) in [4.78, 5) is 0.670. The molecule has 0 radical (unpaired) electrons. The first-order valence-corrected chi connectivity index (χ1v) is 6.87. The summed E-state index contributed by atoms with van der Waals surface area (Å²) in [7, 11) is 0. The van der Waals surface area contributed by atoms with Crippen molar-refractivity contribution in [2.75, 3.05) is 0 Å². The fraction of sp³-hybridized carbons (Fsp3) is 0.231. The van der Waals surface area contributed by atoms with Crippen LogP contribution in [0.1, 0.15) is 27.6 Å². The van der Waals surface area contributed by atoms with Gasteiger partial charge in [0.2, 0.25) is 0 Å². The Kier molecular flexibility index (Phi) is 4.20. The quantitative estimate of drug-likeness (QED) is 0.667. The second-order valence-corrected chi connectivity index (χ2v) is 5.59. The SMILES string of the molecule is Cc1ccc(C(NN)c2scc(C)c2Cl)c(F)c1F. The maximum absolute atomic E-state index is 14.0. The molecule has 2 rings (SSSR count). The van der Waals surface area contributed by atoms with Gasteiger partial charge in [0.05, 0.1) is 11.1 Å². The number of nitrogens with one attached hydrogen (secondary N) is 1. The third kappa shape index (κ3) is 2.51. The van der Waals surface area contributed by atoms with E-state index in [4.69, 9.17) is 17.4 Å². The number of halogens is 3. The van der Waals surface area contributed by atoms with Crippen molar-refractivity contribution in [2.45, 2.75) is 19.9 Å². The fourth-order valence-electron chi connectivity index (χ4n) is 1.84. The number of nitrogens with two attached hydrogens (primary N) is 1. The largest absolute Gasteiger partial charge is 0.271 e. The zero-order valence-electron chi connectivity index (χ0n) is 10.4. The van der Waals surface area contributed by atoms with Crippen LogP contribution in [0.25, 0.3) is 0 Å². The molecule has 1 atom stereocenters. The molecule has 19 heavy (non-hydrogen) atoms. The van der Waals surface area contributed by atoms with Crippen LogP contribution in [-0.4, -0.2) is 0 Å². The minimum atomic E-state index is -0.898. The van der Waals surface area contributed by atoms with Crippen molar-refractivity contribution in [1.29, 1.82) is 0 Å². The van der Waals surface area contributed by atoms with Crippen LogP contribution in [0.2, 0.25) is 5.02 Å². The van der Waals surface area contributed by atoms with E-state index in [0.29, 0.717) is 9.90 Å². The number of thiophene rings is 1. The summed E-state index contributed by atoms with van der Waals surface area (Å²) in [5.74, 6) is 3.72. The Morgan fingerprint density at radius 3 is 2.42 bits per heavy atom. The minimum Gasteiger partial charge on any atom is -0.271 e. The summed E-state index contributed by atoms with van der Waals surface area (Å²) < 4.78 is 27.7. The van der Waals surface area contributed by atoms with E-state index in [1.807, 2.05) is 12.3 Å². The topological polar surface area (TPSA) is 38.0 Å². The highest BCUT2D eigenvalue weighted by Crippen LogP contribution is 2.36. The summed E-state index contributed by atoms with van der Waals surface area (Å²) >= 11 is 7.51. The minimum absolute atomic E-state index is 0.148. The van der Waals surface area contributed by atoms with Gasteiger partial charge < -0.3 is 0 Å². The average Bonchev–Trinajstić information content (AvgIpc) is 2.72. The van der Waals surface area contributed by atoms with Gasteiger partial charge >= 0.3 is 0 Å². The molecule has 0 saturated heterocycles. The Balaban J connectivity index is 2.55. The predicted molar refractivity (Wildman–Crippen MR) is 74.3 cm³/mol. The van der Waals surface area contributed by atoms with Gasteiger partial charge in [0.1, 0.15) is 0 Å². The lowest BCUT2D eigenvalue weighted by molar-refractivity contribution is 0.480. The van der Waals surface area contributed by atoms with Crippen LogP contribution in [0.5, 0.6) is 0 Å². The molecule has 2 aromatic rings. The molecule has 3 N–H and O–H groups in total. The molecule has 1 unspecified atom stereocenters. The summed E-state index contributed by atoms with van der Waals surface area (Å²) in [5, 5.41) is 2.37. The lowest BCUT2D eigenvalue weighted by atomic mass is 10.0. The molecule has 1 aromatic carbocycles. The second-order valence-electron chi connectivity index (χ2n) is 4.30. The first-order chi connectivity index (χ1) is 8.97. The highest BCUT2D eigenvalue weighted by molar-refractivity contribution is 7.10. The Morgan fingerprint density at radius 2 is 1.89 bits per heavy atom. The van der Waals surface area contributed by atoms with Crippen molar-refractivity contribution in [2.24, 2.45) is 5.84 Å². The molecule has 0 bridgehead atoms. The Hall–Kier alpha value is -1.01. The van der Waals surface area contributed by atoms with Crippen molar-refractivity contribution in [3.63, 3.8) is 0 Å². The van der Waals surface area contributed by atoms with E-state index < -0.39 is 17.7 Å². The first-order valence-electron chi connectivity index (χ1n) is 5.61. The van der Waals surface area contributed by atoms with Crippen LogP contribution in [-0.2, 0) is 0 Å². The summed E-state index contributed by atoms with van der Waals surface area (Å²) in [6, 6.07) is 2.37. The molecule has 102 valence electrons. The van der Waals surface area contributed by atoms with E-state index >= 15 is 0 Å². The van der Waals surface area contributed by atoms with Gasteiger partial charge in [0.15, 0.2) is 11.6 Å². The number of rotatable bonds is 3. The number of aryl methyl sites for hydroxylation is 2. The van der Waals surface area contributed by atoms with Gasteiger partial charge in [-0.3, -0.25) is 5.84 Å². The van der Waals surface area contributed by atoms with E-state index in [9.17, 15) is 8.78 Å². The maximum Gasteiger partial charge on any atom is 0.164 e. The molecule has 0 aliphatic heterocycles. The molecule has 0 fully saturated rings. The zero-order valence-corrected chi connectivity index (χ0v) is 12.0. The van der Waals surface area contributed by atoms with Crippen LogP contribution in [0.4, 0.5) is 8.78 Å². The lowest BCUT2D eigenvalue weighted by Crippen LogP contribution is -2.29. The molecule has 0 saturated carbocycles. The number of hydrazine groups is 1. The second kappa shape index (κ2) is 5.54. The van der Waals surface area contributed by atoms with Crippen molar-refractivity contribution < 1.29 is 8.78 Å². The number of hydrogen-bond donors (Lipinski definition) is 2. The van der Waals surface area contributed by atoms with E-state index in [-0.39, 0.29) is 11.1 Å². The van der Waals surface area contributed by atoms with Crippen LogP contribution < -0.4 is 11.3 Å². The Morgan fingerprint density at radius 1 is 1.21 bits per heavy atom. The molecule has 0 spiro atoms. The maximum atomic E-state index is 14.0. The molecular formula is C13H13ClF2N2S. The molecule has 6 heteroatoms. The third-order valence-corrected chi connectivity index (χ3v) is 4.75. The van der Waals surface area contributed by atoms with Crippen molar-refractivity contribution in [3.05, 3.63) is 55.7 Å². The van der Waals surface area contributed by atoms with Gasteiger partial charge in [0.25, 0.3) is 0 Å². The van der Waals surface area contributed by atoms with Crippen LogP contribution in [0.15, 0.2) is 17.5 Å². The third-order valence-electron chi connectivity index (χ3n) is 2.97. The van der Waals surface area contributed by atoms with E-state index in [1.54, 1.807) is 0 Å². The average molecular weight is 303 g/mol. The summed E-state index contributed by atoms with van der Waals surface area (Å²) in [5.41, 5.74) is 3.78. The van der Waals surface area contributed by atoms with Crippen LogP contribution >= 0.6 is 22.9 Å².